The summed E-state index contributed by atoms with van der Waals surface area (Å²) in [5.74, 6) is -4.15. The number of phenols is 2. The number of benzene rings is 6. The number of carboxylic acids is 2. The number of phenolic OH excluding ortho intramolecular Hbond substituents is 2. The number of nitro benzene ring substituents is 1. The number of hydrogen-bond acceptors (Lipinski definition) is 23. The van der Waals surface area contributed by atoms with Gasteiger partial charge in [-0.2, -0.15) is 33.7 Å². The number of carboxylic acid groups (broad SMARTS) is 2. The number of nitrogens with two attached hydrogens (primary N) is 8. The Hall–Kier alpha value is -8.07. The Morgan fingerprint density at radius 1 is 0.486 bits per heavy atom. The number of nitrogens with zero attached hydrogens (tertiary/aromatic N) is 1. The molecule has 70 heavy (non-hydrogen) atoms. The predicted molar refractivity (Wildman–Crippen MR) is 246 cm³/mol. The third-order valence-electron chi connectivity index (χ3n) is 8.86. The fraction of sp³-hybridized carbons (Fsp3) is 0. The number of primary sulfonamides is 1. The number of aromatic carboxylic acids is 2. The van der Waals surface area contributed by atoms with E-state index in [2.05, 4.69) is 0 Å². The van der Waals surface area contributed by atoms with Crippen LogP contribution in [0.4, 0.5) is 45.5 Å². The van der Waals surface area contributed by atoms with Crippen molar-refractivity contribution in [3.8, 4) is 11.5 Å². The number of carbonyl (C=O) groups is 2. The Balaban J connectivity index is 0.000000253. The molecule has 6 aromatic rings. The molecule has 6 rings (SSSR count). The number of sulfonamides is 1. The average molecular weight is 1080 g/mol. The number of fused-ring (bicyclic) bond motifs is 2. The van der Waals surface area contributed by atoms with Crippen LogP contribution in [0.1, 0.15) is 20.7 Å². The van der Waals surface area contributed by atoms with Crippen LogP contribution < -0.4 is 45.3 Å². The zero-order valence-electron chi connectivity index (χ0n) is 34.3. The third kappa shape index (κ3) is 12.5. The lowest BCUT2D eigenvalue weighted by Crippen LogP contribution is -2.13. The van der Waals surface area contributed by atoms with Gasteiger partial charge >= 0.3 is 11.9 Å². The van der Waals surface area contributed by atoms with Gasteiger partial charge in [-0.25, -0.2) is 23.1 Å². The van der Waals surface area contributed by atoms with E-state index in [-0.39, 0.29) is 60.9 Å². The maximum absolute atomic E-state index is 11.4. The molecule has 0 fully saturated rings. The molecule has 36 heteroatoms. The van der Waals surface area contributed by atoms with Crippen molar-refractivity contribution in [1.82, 2.24) is 0 Å². The molecule has 0 heterocycles. The molecular weight excluding hydrogens is 1050 g/mol. The summed E-state index contributed by atoms with van der Waals surface area (Å²) in [6, 6.07) is 10.9. The summed E-state index contributed by atoms with van der Waals surface area (Å²) < 4.78 is 149. The maximum atomic E-state index is 11.4. The van der Waals surface area contributed by atoms with Crippen LogP contribution in [-0.2, 0) is 50.5 Å². The van der Waals surface area contributed by atoms with E-state index >= 15 is 0 Å². The molecule has 31 nitrogen and oxygen atoms in total. The van der Waals surface area contributed by atoms with Crippen LogP contribution in [0.15, 0.2) is 91.2 Å². The van der Waals surface area contributed by atoms with Crippen molar-refractivity contribution >= 4 is 129 Å². The van der Waals surface area contributed by atoms with E-state index in [0.717, 1.165) is 42.5 Å². The van der Waals surface area contributed by atoms with Gasteiger partial charge in [-0.1, -0.05) is 0 Å². The van der Waals surface area contributed by atoms with Gasteiger partial charge in [-0.05, 0) is 54.6 Å². The first-order chi connectivity index (χ1) is 31.6. The highest BCUT2D eigenvalue weighted by atomic mass is 32.2. The Kier molecular flexibility index (Phi) is 16.0. The zero-order valence-corrected chi connectivity index (χ0v) is 38.3. The van der Waals surface area contributed by atoms with Crippen LogP contribution in [0.3, 0.4) is 0 Å². The number of non-ortho nitro benzene ring substituents is 1. The van der Waals surface area contributed by atoms with E-state index in [1.807, 2.05) is 0 Å². The molecular formula is C34H35N9O22S5. The first kappa shape index (κ1) is 56.3. The number of anilines is 7. The van der Waals surface area contributed by atoms with E-state index in [9.17, 15) is 81.1 Å². The Labute approximate surface area is 392 Å². The fourth-order valence-electron chi connectivity index (χ4n) is 5.69. The van der Waals surface area contributed by atoms with Gasteiger partial charge in [0.1, 0.15) is 31.1 Å². The molecule has 0 radical (unpaired) electrons. The summed E-state index contributed by atoms with van der Waals surface area (Å²) in [4.78, 5) is 26.9. The van der Waals surface area contributed by atoms with Crippen LogP contribution in [0.25, 0.3) is 21.5 Å². The SMILES string of the molecule is Nc1cc(S(=O)(=O)O)c2cc(S(=O)(=O)O)c(N)c(O)c2c1N.Nc1cc([N+](=O)[O-])ccc1C(=O)O.Nc1ccc(S(N)(=O)=O)cc1C(=O)O.Nc1ccc2c(O)c(N)c(S(=O)(=O)O)cc2c1S(=O)(=O)O. The summed E-state index contributed by atoms with van der Waals surface area (Å²) in [6.45, 7) is 0. The summed E-state index contributed by atoms with van der Waals surface area (Å²) in [5, 5.41) is 50.7. The van der Waals surface area contributed by atoms with E-state index < -0.39 is 121 Å². The maximum Gasteiger partial charge on any atom is 0.337 e. The molecule has 0 saturated heterocycles. The van der Waals surface area contributed by atoms with E-state index in [1.165, 1.54) is 12.1 Å². The lowest BCUT2D eigenvalue weighted by atomic mass is 10.1. The first-order valence-corrected chi connectivity index (χ1v) is 24.7. The van der Waals surface area contributed by atoms with Crippen molar-refractivity contribution in [3.63, 3.8) is 0 Å². The number of hydrogen-bond donors (Lipinski definition) is 16. The molecule has 378 valence electrons. The van der Waals surface area contributed by atoms with Crippen molar-refractivity contribution in [1.29, 1.82) is 0 Å². The van der Waals surface area contributed by atoms with Crippen LogP contribution in [0, 0.1) is 10.1 Å². The zero-order chi connectivity index (χ0) is 54.1. The lowest BCUT2D eigenvalue weighted by molar-refractivity contribution is -0.384. The highest BCUT2D eigenvalue weighted by molar-refractivity contribution is 7.89. The standard InChI is InChI=1S/C10H11N3O7S2.C10H10N2O7S2.C7H8N2O4S.C7H6N2O4/c11-4-2-5(21(15,16)17)3-1-6(22(18,19)20)9(13)10(14)7(3)8(4)12;11-6-2-1-4-5(10(6)21(17,18)19)3-7(20(14,15)16)8(12)9(4)13;8-6-2-1-4(14(9,12)13)3-5(6)7(10)11;8-6-3-4(9(12)13)1-2-5(6)7(10)11/h1-2,14H,11-13H2,(H,15,16,17)(H,18,19,20);1-3,13H,11-12H2,(H,14,15,16)(H,17,18,19);1-3H,8H2,(H,10,11)(H2,9,12,13);1-3H,8H2,(H,10,11). The minimum Gasteiger partial charge on any atom is -0.505 e. The topological polar surface area (TPSA) is 618 Å². The molecule has 0 aromatic heterocycles. The van der Waals surface area contributed by atoms with E-state index in [0.29, 0.717) is 12.1 Å². The predicted octanol–water partition coefficient (Wildman–Crippen LogP) is 0.478. The largest absolute Gasteiger partial charge is 0.505 e. The Morgan fingerprint density at radius 2 is 0.957 bits per heavy atom. The van der Waals surface area contributed by atoms with Gasteiger partial charge in [-0.15, -0.1) is 0 Å². The van der Waals surface area contributed by atoms with Crippen LogP contribution >= 0.6 is 0 Å². The number of nitro groups is 1. The average Bonchev–Trinajstić information content (AvgIpc) is 3.20. The molecule has 0 spiro atoms. The summed E-state index contributed by atoms with van der Waals surface area (Å²) in [5.41, 5.74) is 34.9. The van der Waals surface area contributed by atoms with Gasteiger partial charge in [0.05, 0.1) is 60.5 Å². The molecule has 0 atom stereocenters. The van der Waals surface area contributed by atoms with E-state index in [4.69, 9.17) is 64.6 Å². The molecule has 0 amide bonds. The molecule has 24 N–H and O–H groups in total. The molecule has 0 bridgehead atoms. The van der Waals surface area contributed by atoms with Crippen LogP contribution in [-0.4, -0.2) is 97.6 Å². The molecule has 0 unspecified atom stereocenters. The van der Waals surface area contributed by atoms with Gasteiger partial charge in [0.15, 0.2) is 0 Å². The normalized spacial score (nSPS) is 11.8. The summed E-state index contributed by atoms with van der Waals surface area (Å²) in [6.07, 6.45) is 0. The second-order valence-corrected chi connectivity index (χ2v) is 20.6. The molecule has 6 aromatic carbocycles. The van der Waals surface area contributed by atoms with Crippen molar-refractivity contribution in [2.24, 2.45) is 5.14 Å². The summed E-state index contributed by atoms with van der Waals surface area (Å²) >= 11 is 0. The van der Waals surface area contributed by atoms with Crippen molar-refractivity contribution < 1.29 is 95.2 Å². The quantitative estimate of drug-likeness (QED) is 0.0324. The number of aromatic hydroxyl groups is 2. The highest BCUT2D eigenvalue weighted by Crippen LogP contribution is 2.44. The van der Waals surface area contributed by atoms with Gasteiger partial charge in [0.2, 0.25) is 10.0 Å². The third-order valence-corrected chi connectivity index (χ3v) is 13.4. The van der Waals surface area contributed by atoms with Crippen LogP contribution in [0.2, 0.25) is 0 Å². The fourth-order valence-corrected chi connectivity index (χ4v) is 9.04. The smallest absolute Gasteiger partial charge is 0.337 e. The van der Waals surface area contributed by atoms with Gasteiger partial charge in [-0.3, -0.25) is 28.3 Å². The minimum atomic E-state index is -4.87. The van der Waals surface area contributed by atoms with Crippen molar-refractivity contribution in [3.05, 3.63) is 88.0 Å². The highest BCUT2D eigenvalue weighted by Gasteiger charge is 2.28. The Morgan fingerprint density at radius 3 is 1.39 bits per heavy atom. The lowest BCUT2D eigenvalue weighted by Gasteiger charge is -2.14. The molecule has 0 aliphatic carbocycles. The summed E-state index contributed by atoms with van der Waals surface area (Å²) in [7, 11) is -23.2. The monoisotopic (exact) mass is 1080 g/mol. The minimum absolute atomic E-state index is 0.00935. The molecule has 0 aliphatic heterocycles. The second-order valence-electron chi connectivity index (χ2n) is 13.5. The van der Waals surface area contributed by atoms with E-state index in [1.54, 1.807) is 0 Å². The van der Waals surface area contributed by atoms with Crippen LogP contribution in [0.5, 0.6) is 11.5 Å². The second kappa shape index (κ2) is 19.9. The van der Waals surface area contributed by atoms with Gasteiger partial charge in [0.25, 0.3) is 46.2 Å². The molecule has 0 aliphatic rings. The number of rotatable bonds is 8. The number of nitrogen functional groups attached to an aromatic ring is 7. The van der Waals surface area contributed by atoms with Crippen molar-refractivity contribution in [2.45, 2.75) is 24.5 Å². The molecule has 0 saturated carbocycles. The van der Waals surface area contributed by atoms with Gasteiger partial charge < -0.3 is 60.6 Å². The first-order valence-electron chi connectivity index (χ1n) is 17.4. The van der Waals surface area contributed by atoms with Gasteiger partial charge in [0, 0.05) is 34.0 Å². The Bertz CT molecular complexity index is 3780. The van der Waals surface area contributed by atoms with Crippen molar-refractivity contribution in [2.75, 3.05) is 40.1 Å².